The van der Waals surface area contributed by atoms with E-state index in [9.17, 15) is 9.59 Å². The van der Waals surface area contributed by atoms with E-state index in [0.717, 1.165) is 12.0 Å². The minimum absolute atomic E-state index is 0.0266. The molecule has 0 spiro atoms. The Morgan fingerprint density at radius 3 is 2.53 bits per heavy atom. The Morgan fingerprint density at radius 1 is 1.08 bits per heavy atom. The summed E-state index contributed by atoms with van der Waals surface area (Å²) in [5, 5.41) is 2.10. The topological polar surface area (TPSA) is 59.1 Å². The third kappa shape index (κ3) is 5.97. The quantitative estimate of drug-likeness (QED) is 0.359. The number of methoxy groups -OCH3 is 1. The molecule has 6 nitrogen and oxygen atoms in total. The van der Waals surface area contributed by atoms with Gasteiger partial charge in [0.1, 0.15) is 12.3 Å². The van der Waals surface area contributed by atoms with Crippen LogP contribution in [-0.2, 0) is 16.0 Å². The first-order chi connectivity index (χ1) is 17.5. The molecule has 4 rings (SSSR count). The molecular weight excluding hydrogens is 472 g/mol. The summed E-state index contributed by atoms with van der Waals surface area (Å²) in [5.74, 6) is 0.477. The molecule has 190 valence electrons. The van der Waals surface area contributed by atoms with Gasteiger partial charge in [-0.1, -0.05) is 29.8 Å². The van der Waals surface area contributed by atoms with Crippen molar-refractivity contribution in [2.24, 2.45) is 0 Å². The van der Waals surface area contributed by atoms with Gasteiger partial charge in [0.2, 0.25) is 5.91 Å². The van der Waals surface area contributed by atoms with E-state index in [1.165, 1.54) is 16.0 Å². The number of fused-ring (bicyclic) bond motifs is 1. The number of aryl methyl sites for hydroxylation is 1. The van der Waals surface area contributed by atoms with Crippen molar-refractivity contribution in [3.63, 3.8) is 0 Å². The summed E-state index contributed by atoms with van der Waals surface area (Å²) in [7, 11) is 1.59. The monoisotopic (exact) mass is 506 g/mol. The van der Waals surface area contributed by atoms with E-state index < -0.39 is 0 Å². The molecule has 1 atom stereocenters. The summed E-state index contributed by atoms with van der Waals surface area (Å²) in [5.41, 5.74) is 4.00. The van der Waals surface area contributed by atoms with Gasteiger partial charge in [0.25, 0.3) is 5.91 Å². The van der Waals surface area contributed by atoms with Crippen molar-refractivity contribution in [2.75, 3.05) is 40.0 Å². The van der Waals surface area contributed by atoms with E-state index in [2.05, 4.69) is 42.6 Å². The molecule has 0 saturated carbocycles. The van der Waals surface area contributed by atoms with Crippen LogP contribution >= 0.6 is 11.3 Å². The first kappa shape index (κ1) is 25.9. The molecule has 2 aromatic carbocycles. The predicted molar refractivity (Wildman–Crippen MR) is 143 cm³/mol. The van der Waals surface area contributed by atoms with Crippen molar-refractivity contribution in [3.8, 4) is 5.75 Å². The maximum Gasteiger partial charge on any atom is 0.254 e. The zero-order chi connectivity index (χ0) is 25.5. The van der Waals surface area contributed by atoms with Crippen molar-refractivity contribution in [2.45, 2.75) is 32.7 Å². The molecule has 0 bridgehead atoms. The molecule has 0 saturated heterocycles. The standard InChI is InChI=1S/C29H34N2O4S/c1-4-35-18-5-16-30(29(33)23-10-12-24(34-3)13-11-23)20-27(32)31-17-14-26-25(15-19-36-26)28(31)22-8-6-21(2)7-9-22/h6-13,15,19,28H,4-5,14,16-18,20H2,1-3H3. The number of benzene rings is 2. The second-order valence-electron chi connectivity index (χ2n) is 8.96. The third-order valence-corrected chi connectivity index (χ3v) is 7.55. The molecule has 0 fully saturated rings. The van der Waals surface area contributed by atoms with Gasteiger partial charge >= 0.3 is 0 Å². The van der Waals surface area contributed by atoms with Crippen LogP contribution < -0.4 is 4.74 Å². The number of carbonyl (C=O) groups is 2. The summed E-state index contributed by atoms with van der Waals surface area (Å²) >= 11 is 1.75. The highest BCUT2D eigenvalue weighted by atomic mass is 32.1. The Kier molecular flexibility index (Phi) is 8.78. The first-order valence-corrected chi connectivity index (χ1v) is 13.3. The van der Waals surface area contributed by atoms with Crippen molar-refractivity contribution in [1.82, 2.24) is 9.80 Å². The molecule has 0 aliphatic carbocycles. The fourth-order valence-corrected chi connectivity index (χ4v) is 5.52. The lowest BCUT2D eigenvalue weighted by atomic mass is 9.92. The van der Waals surface area contributed by atoms with Crippen LogP contribution in [0.25, 0.3) is 0 Å². The second-order valence-corrected chi connectivity index (χ2v) is 9.96. The number of amides is 2. The minimum atomic E-state index is -0.164. The Hall–Kier alpha value is -3.16. The number of carbonyl (C=O) groups excluding carboxylic acids is 2. The Morgan fingerprint density at radius 2 is 1.83 bits per heavy atom. The molecule has 1 aliphatic rings. The van der Waals surface area contributed by atoms with Gasteiger partial charge < -0.3 is 19.3 Å². The molecule has 3 aromatic rings. The lowest BCUT2D eigenvalue weighted by molar-refractivity contribution is -0.134. The van der Waals surface area contributed by atoms with Gasteiger partial charge in [-0.05, 0) is 73.5 Å². The highest BCUT2D eigenvalue weighted by Crippen LogP contribution is 2.38. The SMILES string of the molecule is CCOCCCN(CC(=O)N1CCc2sccc2C1c1ccc(C)cc1)C(=O)c1ccc(OC)cc1. The fourth-order valence-electron chi connectivity index (χ4n) is 4.62. The number of nitrogens with zero attached hydrogens (tertiary/aromatic N) is 2. The number of hydrogen-bond donors (Lipinski definition) is 0. The first-order valence-electron chi connectivity index (χ1n) is 12.4. The predicted octanol–water partition coefficient (Wildman–Crippen LogP) is 5.11. The van der Waals surface area contributed by atoms with Gasteiger partial charge in [-0.25, -0.2) is 0 Å². The van der Waals surface area contributed by atoms with E-state index in [1.54, 1.807) is 47.6 Å². The third-order valence-electron chi connectivity index (χ3n) is 6.55. The zero-order valence-corrected chi connectivity index (χ0v) is 22.1. The van der Waals surface area contributed by atoms with Crippen LogP contribution in [0.5, 0.6) is 5.75 Å². The van der Waals surface area contributed by atoms with Crippen molar-refractivity contribution in [1.29, 1.82) is 0 Å². The van der Waals surface area contributed by atoms with Crippen LogP contribution in [-0.4, -0.2) is 61.6 Å². The molecule has 7 heteroatoms. The fraction of sp³-hybridized carbons (Fsp3) is 0.379. The lowest BCUT2D eigenvalue weighted by Crippen LogP contribution is -2.47. The summed E-state index contributed by atoms with van der Waals surface area (Å²) in [6, 6.07) is 17.4. The van der Waals surface area contributed by atoms with Crippen molar-refractivity contribution < 1.29 is 19.1 Å². The maximum absolute atomic E-state index is 13.8. The molecular formula is C29H34N2O4S. The summed E-state index contributed by atoms with van der Waals surface area (Å²) in [4.78, 5) is 32.2. The summed E-state index contributed by atoms with van der Waals surface area (Å²) in [6.45, 7) is 6.29. The molecule has 1 aliphatic heterocycles. The van der Waals surface area contributed by atoms with Gasteiger partial charge in [0.05, 0.1) is 13.2 Å². The minimum Gasteiger partial charge on any atom is -0.497 e. The molecule has 1 aromatic heterocycles. The number of thiophene rings is 1. The zero-order valence-electron chi connectivity index (χ0n) is 21.2. The smallest absolute Gasteiger partial charge is 0.254 e. The molecule has 0 N–H and O–H groups in total. The van der Waals surface area contributed by atoms with Crippen molar-refractivity contribution >= 4 is 23.2 Å². The number of ether oxygens (including phenoxy) is 2. The number of hydrogen-bond acceptors (Lipinski definition) is 5. The highest BCUT2D eigenvalue weighted by molar-refractivity contribution is 7.10. The van der Waals surface area contributed by atoms with Crippen LogP contribution in [0.2, 0.25) is 0 Å². The molecule has 36 heavy (non-hydrogen) atoms. The van der Waals surface area contributed by atoms with Crippen LogP contribution in [0.15, 0.2) is 60.0 Å². The Labute approximate surface area is 217 Å². The maximum atomic E-state index is 13.8. The van der Waals surface area contributed by atoms with Crippen LogP contribution in [0.4, 0.5) is 0 Å². The van der Waals surface area contributed by atoms with E-state index >= 15 is 0 Å². The Bertz CT molecular complexity index is 1160. The van der Waals surface area contributed by atoms with Gasteiger partial charge in [-0.3, -0.25) is 9.59 Å². The largest absolute Gasteiger partial charge is 0.497 e. The average molecular weight is 507 g/mol. The van der Waals surface area contributed by atoms with Crippen molar-refractivity contribution in [3.05, 3.63) is 87.1 Å². The molecule has 0 radical (unpaired) electrons. The van der Waals surface area contributed by atoms with E-state index in [-0.39, 0.29) is 24.4 Å². The lowest BCUT2D eigenvalue weighted by Gasteiger charge is -2.37. The van der Waals surface area contributed by atoms with Gasteiger partial charge in [0.15, 0.2) is 0 Å². The van der Waals surface area contributed by atoms with Gasteiger partial charge in [0, 0.05) is 36.7 Å². The second kappa shape index (κ2) is 12.2. The average Bonchev–Trinajstić information content (AvgIpc) is 3.39. The Balaban J connectivity index is 1.57. The van der Waals surface area contributed by atoms with E-state index in [1.807, 2.05) is 11.8 Å². The van der Waals surface area contributed by atoms with E-state index in [4.69, 9.17) is 9.47 Å². The highest BCUT2D eigenvalue weighted by Gasteiger charge is 2.34. The molecule has 2 heterocycles. The van der Waals surface area contributed by atoms with Crippen LogP contribution in [0, 0.1) is 6.92 Å². The van der Waals surface area contributed by atoms with Crippen LogP contribution in [0.1, 0.15) is 51.3 Å². The number of rotatable bonds is 10. The molecule has 2 amide bonds. The summed E-state index contributed by atoms with van der Waals surface area (Å²) in [6.07, 6.45) is 1.50. The van der Waals surface area contributed by atoms with E-state index in [0.29, 0.717) is 44.0 Å². The van der Waals surface area contributed by atoms with Crippen LogP contribution in [0.3, 0.4) is 0 Å². The normalized spacial score (nSPS) is 14.9. The summed E-state index contributed by atoms with van der Waals surface area (Å²) < 4.78 is 10.7. The van der Waals surface area contributed by atoms with Gasteiger partial charge in [-0.2, -0.15) is 0 Å². The molecule has 1 unspecified atom stereocenters. The van der Waals surface area contributed by atoms with Gasteiger partial charge in [-0.15, -0.1) is 11.3 Å².